The van der Waals surface area contributed by atoms with E-state index in [-0.39, 0.29) is 36.1 Å². The molecule has 1 aromatic carbocycles. The lowest BCUT2D eigenvalue weighted by molar-refractivity contribution is -0.119. The minimum absolute atomic E-state index is 0.233. The van der Waals surface area contributed by atoms with Gasteiger partial charge in [0.15, 0.2) is 0 Å². The molecule has 26 heavy (non-hydrogen) atoms. The van der Waals surface area contributed by atoms with Gasteiger partial charge >= 0.3 is 0 Å². The van der Waals surface area contributed by atoms with Gasteiger partial charge in [0, 0.05) is 36.4 Å². The van der Waals surface area contributed by atoms with Crippen LogP contribution in [0.5, 0.6) is 0 Å². The molecule has 0 aromatic heterocycles. The summed E-state index contributed by atoms with van der Waals surface area (Å²) in [7, 11) is 0. The Hall–Kier alpha value is -3.42. The van der Waals surface area contributed by atoms with Crippen LogP contribution in [0.15, 0.2) is 47.6 Å². The van der Waals surface area contributed by atoms with Crippen LogP contribution in [0.3, 0.4) is 0 Å². The van der Waals surface area contributed by atoms with E-state index in [4.69, 9.17) is 11.5 Å². The molecule has 0 unspecified atom stereocenters. The quantitative estimate of drug-likeness (QED) is 0.476. The number of hydrogen-bond donors (Lipinski definition) is 4. The highest BCUT2D eigenvalue weighted by atomic mass is 16.2. The first-order valence-corrected chi connectivity index (χ1v) is 7.78. The van der Waals surface area contributed by atoms with Crippen LogP contribution in [0.4, 0.5) is 0 Å². The Kier molecular flexibility index (Phi) is 7.75. The van der Waals surface area contributed by atoms with Gasteiger partial charge in [-0.1, -0.05) is 24.3 Å². The second-order valence-electron chi connectivity index (χ2n) is 5.64. The number of carbonyl (C=O) groups is 4. The standard InChI is InChI=1S/C18H22N4O4/c1-11(7-15(19)23)17(25)21-9-13-3-5-14(6-4-13)10-22-18(26)12(2)8-16(20)24/h3-8H,9-10H2,1-2H3,(H2,19,23)(H2,20,24)(H,21,25)(H,22,26)/b11-7-,12-8-. The smallest absolute Gasteiger partial charge is 0.247 e. The minimum Gasteiger partial charge on any atom is -0.366 e. The zero-order valence-electron chi connectivity index (χ0n) is 14.7. The fraction of sp³-hybridized carbons (Fsp3) is 0.222. The third-order valence-corrected chi connectivity index (χ3v) is 3.36. The van der Waals surface area contributed by atoms with Crippen molar-refractivity contribution in [1.82, 2.24) is 10.6 Å². The Morgan fingerprint density at radius 3 is 1.35 bits per heavy atom. The van der Waals surface area contributed by atoms with E-state index < -0.39 is 11.8 Å². The minimum atomic E-state index is -0.676. The number of nitrogens with two attached hydrogens (primary N) is 2. The molecule has 0 aliphatic carbocycles. The van der Waals surface area contributed by atoms with Gasteiger partial charge < -0.3 is 22.1 Å². The van der Waals surface area contributed by atoms with Gasteiger partial charge in [-0.3, -0.25) is 19.2 Å². The van der Waals surface area contributed by atoms with E-state index >= 15 is 0 Å². The van der Waals surface area contributed by atoms with Gasteiger partial charge in [-0.25, -0.2) is 0 Å². The second kappa shape index (κ2) is 9.77. The zero-order valence-corrected chi connectivity index (χ0v) is 14.7. The Labute approximate surface area is 151 Å². The maximum atomic E-state index is 11.8. The molecule has 0 saturated carbocycles. The molecule has 4 amide bonds. The van der Waals surface area contributed by atoms with Crippen molar-refractivity contribution in [1.29, 1.82) is 0 Å². The van der Waals surface area contributed by atoms with E-state index in [1.165, 1.54) is 13.8 Å². The Bertz CT molecular complexity index is 699. The summed E-state index contributed by atoms with van der Waals surface area (Å²) in [6.07, 6.45) is 2.13. The van der Waals surface area contributed by atoms with Crippen LogP contribution in [0, 0.1) is 0 Å². The third kappa shape index (κ3) is 7.43. The number of primary amides is 2. The number of nitrogens with one attached hydrogen (secondary N) is 2. The first kappa shape index (κ1) is 20.6. The molecule has 0 bridgehead atoms. The van der Waals surface area contributed by atoms with Crippen molar-refractivity contribution in [3.63, 3.8) is 0 Å². The third-order valence-electron chi connectivity index (χ3n) is 3.36. The molecule has 0 atom stereocenters. The molecule has 8 nitrogen and oxygen atoms in total. The predicted molar refractivity (Wildman–Crippen MR) is 96.0 cm³/mol. The van der Waals surface area contributed by atoms with Crippen molar-refractivity contribution < 1.29 is 19.2 Å². The van der Waals surface area contributed by atoms with E-state index in [0.29, 0.717) is 0 Å². The predicted octanol–water partition coefficient (Wildman–Crippen LogP) is -0.218. The lowest BCUT2D eigenvalue weighted by Crippen LogP contribution is -2.25. The van der Waals surface area contributed by atoms with Gasteiger partial charge in [0.25, 0.3) is 0 Å². The van der Waals surface area contributed by atoms with E-state index in [9.17, 15) is 19.2 Å². The molecular weight excluding hydrogens is 336 g/mol. The fourth-order valence-electron chi connectivity index (χ4n) is 1.98. The SMILES string of the molecule is C/C(=C/C(N)=O)C(=O)NCc1ccc(CNC(=O)/C(C)=C\C(N)=O)cc1. The summed E-state index contributed by atoms with van der Waals surface area (Å²) in [5, 5.41) is 5.34. The molecular formula is C18H22N4O4. The number of hydrogen-bond acceptors (Lipinski definition) is 4. The first-order valence-electron chi connectivity index (χ1n) is 7.78. The maximum Gasteiger partial charge on any atom is 0.247 e. The topological polar surface area (TPSA) is 144 Å². The normalized spacial score (nSPS) is 11.6. The van der Waals surface area contributed by atoms with Crippen LogP contribution < -0.4 is 22.1 Å². The van der Waals surface area contributed by atoms with Gasteiger partial charge in [0.2, 0.25) is 23.6 Å². The van der Waals surface area contributed by atoms with E-state index in [1.54, 1.807) is 24.3 Å². The maximum absolute atomic E-state index is 11.8. The summed E-state index contributed by atoms with van der Waals surface area (Å²) in [5.41, 5.74) is 12.2. The lowest BCUT2D eigenvalue weighted by Gasteiger charge is -2.08. The zero-order chi connectivity index (χ0) is 19.7. The van der Waals surface area contributed by atoms with Crippen LogP contribution in [0.2, 0.25) is 0 Å². The summed E-state index contributed by atoms with van der Waals surface area (Å²) in [4.78, 5) is 45.0. The second-order valence-corrected chi connectivity index (χ2v) is 5.64. The highest BCUT2D eigenvalue weighted by molar-refractivity contribution is 6.00. The van der Waals surface area contributed by atoms with Crippen LogP contribution in [0.1, 0.15) is 25.0 Å². The van der Waals surface area contributed by atoms with Crippen LogP contribution in [0.25, 0.3) is 0 Å². The van der Waals surface area contributed by atoms with Gasteiger partial charge in [-0.05, 0) is 25.0 Å². The molecule has 1 rings (SSSR count). The summed E-state index contributed by atoms with van der Waals surface area (Å²) >= 11 is 0. The van der Waals surface area contributed by atoms with E-state index in [2.05, 4.69) is 10.6 Å². The molecule has 138 valence electrons. The summed E-state index contributed by atoms with van der Waals surface area (Å²) in [6, 6.07) is 7.23. The van der Waals surface area contributed by atoms with Gasteiger partial charge in [-0.15, -0.1) is 0 Å². The number of amides is 4. The van der Waals surface area contributed by atoms with Gasteiger partial charge in [-0.2, -0.15) is 0 Å². The van der Waals surface area contributed by atoms with Crippen molar-refractivity contribution >= 4 is 23.6 Å². The molecule has 1 aromatic rings. The summed E-state index contributed by atoms with van der Waals surface area (Å²) in [5.74, 6) is -2.11. The van der Waals surface area contributed by atoms with E-state index in [1.807, 2.05) is 0 Å². The number of benzene rings is 1. The molecule has 0 saturated heterocycles. The van der Waals surface area contributed by atoms with Crippen LogP contribution in [-0.4, -0.2) is 23.6 Å². The average Bonchev–Trinajstić information content (AvgIpc) is 2.57. The first-order chi connectivity index (χ1) is 12.2. The molecule has 0 fully saturated rings. The highest BCUT2D eigenvalue weighted by Gasteiger charge is 2.07. The Balaban J connectivity index is 2.54. The number of carbonyl (C=O) groups excluding carboxylic acids is 4. The fourth-order valence-corrected chi connectivity index (χ4v) is 1.98. The monoisotopic (exact) mass is 358 g/mol. The van der Waals surface area contributed by atoms with Crippen LogP contribution in [-0.2, 0) is 32.3 Å². The largest absolute Gasteiger partial charge is 0.366 e. The van der Waals surface area contributed by atoms with Crippen molar-refractivity contribution in [2.45, 2.75) is 26.9 Å². The molecule has 0 radical (unpaired) electrons. The molecule has 0 aliphatic rings. The van der Waals surface area contributed by atoms with E-state index in [0.717, 1.165) is 23.3 Å². The molecule has 6 N–H and O–H groups in total. The van der Waals surface area contributed by atoms with Crippen LogP contribution >= 0.6 is 0 Å². The Morgan fingerprint density at radius 2 is 1.08 bits per heavy atom. The summed E-state index contributed by atoms with van der Waals surface area (Å²) in [6.45, 7) is 3.58. The van der Waals surface area contributed by atoms with Gasteiger partial charge in [0.05, 0.1) is 0 Å². The molecule has 0 spiro atoms. The number of rotatable bonds is 8. The molecule has 0 heterocycles. The van der Waals surface area contributed by atoms with Crippen molar-refractivity contribution in [2.75, 3.05) is 0 Å². The van der Waals surface area contributed by atoms with Gasteiger partial charge in [0.1, 0.15) is 0 Å². The Morgan fingerprint density at radius 1 is 0.769 bits per heavy atom. The van der Waals surface area contributed by atoms with Crippen molar-refractivity contribution in [2.24, 2.45) is 11.5 Å². The summed E-state index contributed by atoms with van der Waals surface area (Å²) < 4.78 is 0. The van der Waals surface area contributed by atoms with Crippen molar-refractivity contribution in [3.8, 4) is 0 Å². The van der Waals surface area contributed by atoms with Crippen molar-refractivity contribution in [3.05, 3.63) is 58.7 Å². The average molecular weight is 358 g/mol. The molecule has 8 heteroatoms. The lowest BCUT2D eigenvalue weighted by atomic mass is 10.1. The molecule has 0 aliphatic heterocycles. The highest BCUT2D eigenvalue weighted by Crippen LogP contribution is 2.05.